The van der Waals surface area contributed by atoms with Crippen LogP contribution in [0.3, 0.4) is 0 Å². The number of ether oxygens (including phenoxy) is 1. The average Bonchev–Trinajstić information content (AvgIpc) is 2.38. The monoisotopic (exact) mass is 238 g/mol. The largest absolute Gasteiger partial charge is 0.462 e. The molecule has 0 aromatic carbocycles. The van der Waals surface area contributed by atoms with Crippen molar-refractivity contribution in [3.8, 4) is 0 Å². The molecule has 17 heavy (non-hydrogen) atoms. The fraction of sp³-hybridized carbons (Fsp3) is 0.800. The highest BCUT2D eigenvalue weighted by molar-refractivity contribution is 5.88. The molecule has 0 unspecified atom stereocenters. The van der Waals surface area contributed by atoms with Crippen LogP contribution in [0.5, 0.6) is 0 Å². The zero-order valence-corrected chi connectivity index (χ0v) is 11.2. The molecule has 2 heteroatoms. The lowest BCUT2D eigenvalue weighted by Gasteiger charge is -2.11. The number of carbonyl (C=O) groups excluding carboxylic acids is 1. The van der Waals surface area contributed by atoms with Gasteiger partial charge in [-0.15, -0.1) is 0 Å². The average molecular weight is 238 g/mol. The number of esters is 1. The van der Waals surface area contributed by atoms with E-state index in [0.29, 0.717) is 6.61 Å². The molecule has 2 nitrogen and oxygen atoms in total. The summed E-state index contributed by atoms with van der Waals surface area (Å²) in [5.74, 6) is -0.0711. The molecule has 0 aromatic rings. The Morgan fingerprint density at radius 1 is 1.18 bits per heavy atom. The van der Waals surface area contributed by atoms with Crippen molar-refractivity contribution in [1.29, 1.82) is 0 Å². The van der Waals surface area contributed by atoms with Crippen LogP contribution in [0, 0.1) is 0 Å². The Bertz CT molecular complexity index is 243. The maximum Gasteiger partial charge on any atom is 0.333 e. The Labute approximate surface area is 105 Å². The second-order valence-electron chi connectivity index (χ2n) is 4.88. The van der Waals surface area contributed by atoms with Gasteiger partial charge in [-0.25, -0.2) is 4.79 Å². The van der Waals surface area contributed by atoms with Gasteiger partial charge in [0.2, 0.25) is 0 Å². The van der Waals surface area contributed by atoms with Crippen LogP contribution in [0.2, 0.25) is 0 Å². The number of rotatable bonds is 8. The van der Waals surface area contributed by atoms with Crippen LogP contribution >= 0.6 is 0 Å². The Kier molecular flexibility index (Phi) is 7.78. The van der Waals surface area contributed by atoms with Gasteiger partial charge in [0.05, 0.1) is 6.61 Å². The lowest BCUT2D eigenvalue weighted by Crippen LogP contribution is -2.11. The third-order valence-electron chi connectivity index (χ3n) is 3.28. The second kappa shape index (κ2) is 9.26. The molecule has 1 rings (SSSR count). The van der Waals surface area contributed by atoms with Crippen LogP contribution in [-0.4, -0.2) is 12.6 Å². The van der Waals surface area contributed by atoms with E-state index >= 15 is 0 Å². The molecular weight excluding hydrogens is 212 g/mol. The van der Waals surface area contributed by atoms with Gasteiger partial charge < -0.3 is 4.74 Å². The summed E-state index contributed by atoms with van der Waals surface area (Å²) in [5, 5.41) is 0. The van der Waals surface area contributed by atoms with Crippen molar-refractivity contribution in [3.05, 3.63) is 11.6 Å². The van der Waals surface area contributed by atoms with E-state index in [0.717, 1.165) is 31.3 Å². The Morgan fingerprint density at radius 2 is 1.94 bits per heavy atom. The van der Waals surface area contributed by atoms with Gasteiger partial charge in [-0.05, 0) is 32.1 Å². The summed E-state index contributed by atoms with van der Waals surface area (Å²) in [6.45, 7) is 2.82. The van der Waals surface area contributed by atoms with E-state index in [-0.39, 0.29) is 5.97 Å². The number of carbonyl (C=O) groups is 1. The van der Waals surface area contributed by atoms with E-state index in [4.69, 9.17) is 4.74 Å². The minimum absolute atomic E-state index is 0.0711. The fourth-order valence-electron chi connectivity index (χ4n) is 2.16. The quantitative estimate of drug-likeness (QED) is 0.463. The molecule has 0 saturated heterocycles. The van der Waals surface area contributed by atoms with Crippen molar-refractivity contribution in [2.75, 3.05) is 6.61 Å². The molecule has 0 aromatic heterocycles. The van der Waals surface area contributed by atoms with Crippen molar-refractivity contribution < 1.29 is 9.53 Å². The molecule has 0 heterocycles. The molecule has 0 atom stereocenters. The van der Waals surface area contributed by atoms with Crippen molar-refractivity contribution in [2.45, 2.75) is 71.1 Å². The number of unbranched alkanes of at least 4 members (excludes halogenated alkanes) is 5. The predicted octanol–water partition coefficient (Wildman–Crippen LogP) is 4.39. The molecular formula is C15H26O2. The predicted molar refractivity (Wildman–Crippen MR) is 70.9 cm³/mol. The van der Waals surface area contributed by atoms with Crippen LogP contribution < -0.4 is 0 Å². The summed E-state index contributed by atoms with van der Waals surface area (Å²) in [6.07, 6.45) is 13.8. The van der Waals surface area contributed by atoms with E-state index in [2.05, 4.69) is 6.92 Å². The van der Waals surface area contributed by atoms with Gasteiger partial charge in [0.1, 0.15) is 0 Å². The lowest BCUT2D eigenvalue weighted by atomic mass is 10.00. The highest BCUT2D eigenvalue weighted by atomic mass is 16.5. The lowest BCUT2D eigenvalue weighted by molar-refractivity contribution is -0.139. The van der Waals surface area contributed by atoms with E-state index in [1.54, 1.807) is 0 Å². The third-order valence-corrected chi connectivity index (χ3v) is 3.28. The SMILES string of the molecule is CCCCCCCCOC(=O)C1=CCCCC1. The molecule has 0 amide bonds. The fourth-order valence-corrected chi connectivity index (χ4v) is 2.16. The molecule has 0 fully saturated rings. The van der Waals surface area contributed by atoms with Crippen molar-refractivity contribution >= 4 is 5.97 Å². The van der Waals surface area contributed by atoms with Gasteiger partial charge in [-0.1, -0.05) is 45.1 Å². The Morgan fingerprint density at radius 3 is 2.65 bits per heavy atom. The van der Waals surface area contributed by atoms with Crippen LogP contribution in [0.15, 0.2) is 11.6 Å². The molecule has 1 aliphatic carbocycles. The maximum absolute atomic E-state index is 11.6. The summed E-state index contributed by atoms with van der Waals surface area (Å²) < 4.78 is 5.28. The zero-order valence-electron chi connectivity index (χ0n) is 11.2. The standard InChI is InChI=1S/C15H26O2/c1-2-3-4-5-6-10-13-17-15(16)14-11-8-7-9-12-14/h11H,2-10,12-13H2,1H3. The summed E-state index contributed by atoms with van der Waals surface area (Å²) in [6, 6.07) is 0. The topological polar surface area (TPSA) is 26.3 Å². The third kappa shape index (κ3) is 6.50. The van der Waals surface area contributed by atoms with Gasteiger partial charge in [0, 0.05) is 5.57 Å². The smallest absolute Gasteiger partial charge is 0.333 e. The van der Waals surface area contributed by atoms with Gasteiger partial charge in [-0.2, -0.15) is 0 Å². The maximum atomic E-state index is 11.6. The highest BCUT2D eigenvalue weighted by Crippen LogP contribution is 2.18. The van der Waals surface area contributed by atoms with Crippen molar-refractivity contribution in [3.63, 3.8) is 0 Å². The van der Waals surface area contributed by atoms with E-state index in [9.17, 15) is 4.79 Å². The minimum atomic E-state index is -0.0711. The van der Waals surface area contributed by atoms with Gasteiger partial charge in [0.15, 0.2) is 0 Å². The van der Waals surface area contributed by atoms with Gasteiger partial charge in [0.25, 0.3) is 0 Å². The first-order chi connectivity index (χ1) is 8.34. The normalized spacial score (nSPS) is 15.5. The highest BCUT2D eigenvalue weighted by Gasteiger charge is 2.12. The summed E-state index contributed by atoms with van der Waals surface area (Å²) in [7, 11) is 0. The van der Waals surface area contributed by atoms with Crippen LogP contribution in [0.1, 0.15) is 71.1 Å². The number of hydrogen-bond acceptors (Lipinski definition) is 2. The van der Waals surface area contributed by atoms with Gasteiger partial charge >= 0.3 is 5.97 Å². The van der Waals surface area contributed by atoms with Crippen molar-refractivity contribution in [1.82, 2.24) is 0 Å². The first kappa shape index (κ1) is 14.3. The Hall–Kier alpha value is -0.790. The van der Waals surface area contributed by atoms with Crippen LogP contribution in [-0.2, 0) is 9.53 Å². The summed E-state index contributed by atoms with van der Waals surface area (Å²) in [4.78, 5) is 11.6. The van der Waals surface area contributed by atoms with Crippen LogP contribution in [0.25, 0.3) is 0 Å². The molecule has 0 saturated carbocycles. The second-order valence-corrected chi connectivity index (χ2v) is 4.88. The van der Waals surface area contributed by atoms with Crippen molar-refractivity contribution in [2.24, 2.45) is 0 Å². The molecule has 0 aliphatic heterocycles. The number of hydrogen-bond donors (Lipinski definition) is 0. The summed E-state index contributed by atoms with van der Waals surface area (Å²) in [5.41, 5.74) is 0.905. The first-order valence-corrected chi connectivity index (χ1v) is 7.20. The minimum Gasteiger partial charge on any atom is -0.462 e. The summed E-state index contributed by atoms with van der Waals surface area (Å²) >= 11 is 0. The number of allylic oxidation sites excluding steroid dienone is 1. The van der Waals surface area contributed by atoms with E-state index < -0.39 is 0 Å². The molecule has 0 N–H and O–H groups in total. The molecule has 1 aliphatic rings. The first-order valence-electron chi connectivity index (χ1n) is 7.20. The van der Waals surface area contributed by atoms with Gasteiger partial charge in [-0.3, -0.25) is 0 Å². The molecule has 0 bridgehead atoms. The zero-order chi connectivity index (χ0) is 12.3. The van der Waals surface area contributed by atoms with E-state index in [1.165, 1.54) is 38.5 Å². The molecule has 98 valence electrons. The molecule has 0 radical (unpaired) electrons. The van der Waals surface area contributed by atoms with Crippen LogP contribution in [0.4, 0.5) is 0 Å². The Balaban J connectivity index is 1.98. The molecule has 0 spiro atoms. The van der Waals surface area contributed by atoms with E-state index in [1.807, 2.05) is 6.08 Å².